The van der Waals surface area contributed by atoms with Crippen molar-refractivity contribution in [3.05, 3.63) is 35.9 Å². The zero-order valence-electron chi connectivity index (χ0n) is 23.5. The lowest BCUT2D eigenvalue weighted by molar-refractivity contribution is -0.151. The van der Waals surface area contributed by atoms with Crippen molar-refractivity contribution in [3.8, 4) is 0 Å². The first-order valence-electron chi connectivity index (χ1n) is 14.4. The lowest BCUT2D eigenvalue weighted by Crippen LogP contribution is -2.27. The van der Waals surface area contributed by atoms with Crippen molar-refractivity contribution in [2.24, 2.45) is 0 Å². The monoisotopic (exact) mass is 620 g/mol. The molecule has 0 saturated carbocycles. The quantitative estimate of drug-likeness (QED) is 0.0506. The van der Waals surface area contributed by atoms with E-state index in [4.69, 9.17) is 18.5 Å². The number of rotatable bonds is 25. The number of ether oxygens (including phenoxy) is 2. The number of hydrogen-bond acceptors (Lipinski definition) is 6. The maximum atomic E-state index is 12.3. The van der Waals surface area contributed by atoms with E-state index < -0.39 is 19.9 Å². The molecule has 0 saturated heterocycles. The van der Waals surface area contributed by atoms with Gasteiger partial charge in [0.1, 0.15) is 6.10 Å². The Hall–Kier alpha value is -0.760. The molecule has 0 heterocycles. The number of phosphoric acid groups is 1. The molecule has 1 aromatic rings. The fourth-order valence-electron chi connectivity index (χ4n) is 4.10. The smallest absolute Gasteiger partial charge is 0.458 e. The molecule has 0 aliphatic rings. The van der Waals surface area contributed by atoms with Crippen LogP contribution in [0.25, 0.3) is 0 Å². The predicted molar refractivity (Wildman–Crippen MR) is 157 cm³/mol. The summed E-state index contributed by atoms with van der Waals surface area (Å²) in [6.45, 7) is 3.85. The largest absolute Gasteiger partial charge is 0.472 e. The summed E-state index contributed by atoms with van der Waals surface area (Å²) in [5, 5.41) is 0. The van der Waals surface area contributed by atoms with Crippen LogP contribution in [-0.2, 0) is 27.9 Å². The predicted octanol–water partition coefficient (Wildman–Crippen LogP) is 8.69. The van der Waals surface area contributed by atoms with Gasteiger partial charge in [0.2, 0.25) is 0 Å². The van der Waals surface area contributed by atoms with E-state index in [1.165, 1.54) is 84.0 Å². The van der Waals surface area contributed by atoms with Gasteiger partial charge in [-0.05, 0) is 12.0 Å². The summed E-state index contributed by atoms with van der Waals surface area (Å²) < 4.78 is 33.3. The Morgan fingerprint density at radius 1 is 0.816 bits per heavy atom. The van der Waals surface area contributed by atoms with Gasteiger partial charge >= 0.3 is 13.8 Å². The van der Waals surface area contributed by atoms with Crippen LogP contribution in [0.4, 0.5) is 0 Å². The van der Waals surface area contributed by atoms with Gasteiger partial charge in [-0.25, -0.2) is 4.57 Å². The maximum Gasteiger partial charge on any atom is 0.472 e. The van der Waals surface area contributed by atoms with Gasteiger partial charge in [-0.15, -0.1) is 0 Å². The van der Waals surface area contributed by atoms with Gasteiger partial charge in [0.25, 0.3) is 0 Å². The van der Waals surface area contributed by atoms with Crippen molar-refractivity contribution < 1.29 is 32.8 Å². The van der Waals surface area contributed by atoms with Gasteiger partial charge in [0.05, 0.1) is 24.6 Å². The minimum atomic E-state index is -4.32. The summed E-state index contributed by atoms with van der Waals surface area (Å²) in [7, 11) is -4.32. The topological polar surface area (TPSA) is 91.3 Å². The molecule has 0 fully saturated rings. The average molecular weight is 622 g/mol. The highest BCUT2D eigenvalue weighted by Gasteiger charge is 2.26. The first kappa shape index (κ1) is 35.3. The van der Waals surface area contributed by atoms with Crippen LogP contribution in [0.5, 0.6) is 0 Å². The van der Waals surface area contributed by atoms with Gasteiger partial charge in [-0.3, -0.25) is 13.8 Å². The molecule has 38 heavy (non-hydrogen) atoms. The number of carbonyl (C=O) groups is 1. The van der Waals surface area contributed by atoms with E-state index in [0.29, 0.717) is 6.61 Å². The molecule has 7 nitrogen and oxygen atoms in total. The van der Waals surface area contributed by atoms with Crippen molar-refractivity contribution in [2.75, 3.05) is 26.4 Å². The van der Waals surface area contributed by atoms with Crippen LogP contribution in [0.2, 0.25) is 0 Å². The lowest BCUT2D eigenvalue weighted by atomic mass is 10.0. The molecule has 1 rings (SSSR count). The van der Waals surface area contributed by atoms with Crippen molar-refractivity contribution in [3.63, 3.8) is 0 Å². The Morgan fingerprint density at radius 2 is 1.32 bits per heavy atom. The van der Waals surface area contributed by atoms with E-state index in [9.17, 15) is 14.3 Å². The number of esters is 1. The first-order valence-corrected chi connectivity index (χ1v) is 16.8. The van der Waals surface area contributed by atoms with Crippen LogP contribution in [0.3, 0.4) is 0 Å². The number of benzene rings is 1. The van der Waals surface area contributed by atoms with Crippen LogP contribution in [-0.4, -0.2) is 43.4 Å². The highest BCUT2D eigenvalue weighted by atomic mass is 79.9. The van der Waals surface area contributed by atoms with Crippen LogP contribution in [0, 0.1) is 0 Å². The summed E-state index contributed by atoms with van der Waals surface area (Å²) in [5.74, 6) is -0.503. The highest BCUT2D eigenvalue weighted by molar-refractivity contribution is 9.09. The Bertz CT molecular complexity index is 750. The van der Waals surface area contributed by atoms with Crippen molar-refractivity contribution in [1.82, 2.24) is 0 Å². The lowest BCUT2D eigenvalue weighted by Gasteiger charge is -2.20. The molecule has 1 aromatic carbocycles. The third kappa shape index (κ3) is 20.2. The molecule has 0 bridgehead atoms. The van der Waals surface area contributed by atoms with Crippen LogP contribution in [0.15, 0.2) is 30.3 Å². The van der Waals surface area contributed by atoms with E-state index in [-0.39, 0.29) is 24.6 Å². The van der Waals surface area contributed by atoms with Crippen LogP contribution < -0.4 is 0 Å². The fraction of sp³-hybridized carbons (Fsp3) is 0.759. The normalized spacial score (nSPS) is 14.6. The average Bonchev–Trinajstić information content (AvgIpc) is 2.90. The molecule has 0 spiro atoms. The zero-order chi connectivity index (χ0) is 27.9. The number of halogens is 1. The maximum absolute atomic E-state index is 12.3. The molecular weight excluding hydrogens is 571 g/mol. The molecule has 0 aliphatic heterocycles. The molecule has 1 N–H and O–H groups in total. The van der Waals surface area contributed by atoms with Gasteiger partial charge in [-0.2, -0.15) is 0 Å². The summed E-state index contributed by atoms with van der Waals surface area (Å²) in [4.78, 5) is 21.2. The van der Waals surface area contributed by atoms with E-state index in [1.807, 2.05) is 30.3 Å². The van der Waals surface area contributed by atoms with Crippen molar-refractivity contribution in [2.45, 2.75) is 115 Å². The Balaban J connectivity index is 2.09. The van der Waals surface area contributed by atoms with E-state index >= 15 is 0 Å². The Morgan fingerprint density at radius 3 is 1.84 bits per heavy atom. The van der Waals surface area contributed by atoms with Gasteiger partial charge in [0, 0.05) is 13.5 Å². The number of phosphoric ester groups is 1. The van der Waals surface area contributed by atoms with E-state index in [1.54, 1.807) is 0 Å². The first-order chi connectivity index (χ1) is 18.3. The number of alkyl halides is 1. The van der Waals surface area contributed by atoms with Crippen molar-refractivity contribution in [1.29, 1.82) is 0 Å². The van der Waals surface area contributed by atoms with E-state index in [0.717, 1.165) is 18.4 Å². The standard InChI is InChI=1S/C29H50BrO7P/c1-3-4-5-6-7-8-9-10-11-12-13-14-15-19-22-34-23-28(37-26(2)31)24-35-38(32,33)36-25-29(30)27-20-17-16-18-21-27/h16-18,20-21,28-29H,3-15,19,22-25H2,1-2H3,(H,32,33). The Kier molecular flexibility index (Phi) is 21.3. The third-order valence-electron chi connectivity index (χ3n) is 6.25. The summed E-state index contributed by atoms with van der Waals surface area (Å²) in [5.41, 5.74) is 0.919. The Labute approximate surface area is 239 Å². The zero-order valence-corrected chi connectivity index (χ0v) is 26.0. The van der Waals surface area contributed by atoms with E-state index in [2.05, 4.69) is 22.9 Å². The highest BCUT2D eigenvalue weighted by Crippen LogP contribution is 2.45. The summed E-state index contributed by atoms with van der Waals surface area (Å²) in [6.07, 6.45) is 17.3. The molecule has 0 aliphatic carbocycles. The fourth-order valence-corrected chi connectivity index (χ4v) is 5.50. The van der Waals surface area contributed by atoms with Gasteiger partial charge < -0.3 is 14.4 Å². The second-order valence-electron chi connectivity index (χ2n) is 9.84. The minimum Gasteiger partial charge on any atom is -0.458 e. The summed E-state index contributed by atoms with van der Waals surface area (Å²) in [6, 6.07) is 9.42. The molecule has 3 atom stereocenters. The summed E-state index contributed by atoms with van der Waals surface area (Å²) >= 11 is 3.44. The second kappa shape index (κ2) is 23.0. The minimum absolute atomic E-state index is 0.0500. The van der Waals surface area contributed by atoms with Crippen LogP contribution in [0.1, 0.15) is 114 Å². The van der Waals surface area contributed by atoms with Gasteiger partial charge in [-0.1, -0.05) is 137 Å². The molecule has 0 amide bonds. The van der Waals surface area contributed by atoms with Crippen molar-refractivity contribution >= 4 is 29.7 Å². The number of carbonyl (C=O) groups excluding carboxylic acids is 1. The SMILES string of the molecule is CCCCCCCCCCCCCCCCOCC(COP(=O)(O)OCC(Br)c1ccccc1)OC(C)=O. The third-order valence-corrected chi connectivity index (χ3v) is 7.99. The second-order valence-corrected chi connectivity index (χ2v) is 12.4. The van der Waals surface area contributed by atoms with Crippen LogP contribution >= 0.6 is 23.8 Å². The molecule has 9 heteroatoms. The molecule has 220 valence electrons. The number of unbranched alkanes of at least 4 members (excludes halogenated alkanes) is 13. The molecule has 0 radical (unpaired) electrons. The molecular formula is C29H50BrO7P. The van der Waals surface area contributed by atoms with Gasteiger partial charge in [0.15, 0.2) is 0 Å². The molecule has 0 aromatic heterocycles. The molecule has 3 unspecified atom stereocenters. The number of hydrogen-bond donors (Lipinski definition) is 1.